The molecule has 2 aromatic rings. The van der Waals surface area contributed by atoms with E-state index in [1.54, 1.807) is 43.3 Å². The van der Waals surface area contributed by atoms with E-state index >= 15 is 0 Å². The maximum Gasteiger partial charge on any atom is 0.241 e. The number of rotatable bonds is 4. The number of anilines is 1. The quantitative estimate of drug-likeness (QED) is 0.907. The van der Waals surface area contributed by atoms with Crippen LogP contribution in [0.3, 0.4) is 0 Å². The molecule has 2 aromatic carbocycles. The van der Waals surface area contributed by atoms with Crippen LogP contribution in [-0.4, -0.2) is 11.9 Å². The third kappa shape index (κ3) is 3.73. The van der Waals surface area contributed by atoms with Gasteiger partial charge in [-0.25, -0.2) is 0 Å². The van der Waals surface area contributed by atoms with Crippen LogP contribution in [0.25, 0.3) is 0 Å². The molecule has 0 aliphatic rings. The first-order valence-corrected chi connectivity index (χ1v) is 6.53. The van der Waals surface area contributed by atoms with Gasteiger partial charge in [-0.2, -0.15) is 0 Å². The Balaban J connectivity index is 2.14. The van der Waals surface area contributed by atoms with E-state index in [1.165, 1.54) is 0 Å². The molecule has 0 fully saturated rings. The molecule has 3 N–H and O–H groups in total. The van der Waals surface area contributed by atoms with E-state index in [1.807, 2.05) is 12.1 Å². The Hall–Kier alpha value is -2.04. The molecule has 0 aromatic heterocycles. The number of ether oxygens (including phenoxy) is 1. The second-order valence-electron chi connectivity index (χ2n) is 4.34. The number of hydrogen-bond donors (Lipinski definition) is 2. The second kappa shape index (κ2) is 6.41. The molecule has 4 nitrogen and oxygen atoms in total. The molecule has 0 saturated carbocycles. The monoisotopic (exact) mass is 290 g/mol. The van der Waals surface area contributed by atoms with E-state index in [9.17, 15) is 4.79 Å². The van der Waals surface area contributed by atoms with Gasteiger partial charge >= 0.3 is 0 Å². The van der Waals surface area contributed by atoms with Crippen molar-refractivity contribution in [3.05, 3.63) is 53.6 Å². The van der Waals surface area contributed by atoms with Crippen molar-refractivity contribution in [1.82, 2.24) is 0 Å². The molecule has 20 heavy (non-hydrogen) atoms. The Morgan fingerprint density at radius 2 is 2.00 bits per heavy atom. The third-order valence-corrected chi connectivity index (χ3v) is 2.89. The lowest BCUT2D eigenvalue weighted by molar-refractivity contribution is -0.117. The van der Waals surface area contributed by atoms with Crippen LogP contribution in [0.2, 0.25) is 5.02 Å². The molecular weight excluding hydrogens is 276 g/mol. The summed E-state index contributed by atoms with van der Waals surface area (Å²) in [5.74, 6) is 0.894. The highest BCUT2D eigenvalue weighted by Crippen LogP contribution is 2.29. The van der Waals surface area contributed by atoms with Gasteiger partial charge in [0.2, 0.25) is 5.91 Å². The first-order valence-electron chi connectivity index (χ1n) is 6.15. The molecule has 0 saturated heterocycles. The van der Waals surface area contributed by atoms with Crippen molar-refractivity contribution < 1.29 is 9.53 Å². The van der Waals surface area contributed by atoms with Gasteiger partial charge < -0.3 is 15.8 Å². The zero-order valence-electron chi connectivity index (χ0n) is 11.0. The lowest BCUT2D eigenvalue weighted by atomic mass is 10.2. The van der Waals surface area contributed by atoms with Gasteiger partial charge in [0, 0.05) is 11.8 Å². The molecule has 2 rings (SSSR count). The standard InChI is InChI=1S/C15H15ClN2O2/c1-10(17)15(19)18-11-5-4-6-12(9-11)20-14-8-3-2-7-13(14)16/h2-10H,17H2,1H3,(H,18,19). The molecule has 0 heterocycles. The number of carbonyl (C=O) groups excluding carboxylic acids is 1. The number of para-hydroxylation sites is 1. The lowest BCUT2D eigenvalue weighted by Gasteiger charge is -2.11. The Morgan fingerprint density at radius 3 is 2.70 bits per heavy atom. The summed E-state index contributed by atoms with van der Waals surface area (Å²) in [4.78, 5) is 11.5. The van der Waals surface area contributed by atoms with E-state index in [-0.39, 0.29) is 5.91 Å². The number of nitrogens with one attached hydrogen (secondary N) is 1. The van der Waals surface area contributed by atoms with Crippen LogP contribution in [0.5, 0.6) is 11.5 Å². The summed E-state index contributed by atoms with van der Waals surface area (Å²) in [6.07, 6.45) is 0. The van der Waals surface area contributed by atoms with Crippen molar-refractivity contribution in [1.29, 1.82) is 0 Å². The first-order chi connectivity index (χ1) is 9.56. The summed E-state index contributed by atoms with van der Waals surface area (Å²) in [7, 11) is 0. The predicted octanol–water partition coefficient (Wildman–Crippen LogP) is 3.42. The normalized spacial score (nSPS) is 11.8. The fourth-order valence-electron chi connectivity index (χ4n) is 1.55. The SMILES string of the molecule is CC(N)C(=O)Nc1cccc(Oc2ccccc2Cl)c1. The van der Waals surface area contributed by atoms with Gasteiger partial charge in [-0.15, -0.1) is 0 Å². The van der Waals surface area contributed by atoms with Gasteiger partial charge in [-0.3, -0.25) is 4.79 Å². The number of carbonyl (C=O) groups is 1. The molecule has 0 radical (unpaired) electrons. The molecular formula is C15H15ClN2O2. The number of amides is 1. The van der Waals surface area contributed by atoms with Crippen LogP contribution in [0.15, 0.2) is 48.5 Å². The van der Waals surface area contributed by atoms with Crippen LogP contribution in [0.1, 0.15) is 6.92 Å². The van der Waals surface area contributed by atoms with Crippen LogP contribution in [0.4, 0.5) is 5.69 Å². The van der Waals surface area contributed by atoms with Crippen LogP contribution in [0, 0.1) is 0 Å². The summed E-state index contributed by atoms with van der Waals surface area (Å²) in [5, 5.41) is 3.23. The van der Waals surface area contributed by atoms with Gasteiger partial charge in [-0.05, 0) is 31.2 Å². The minimum atomic E-state index is -0.567. The summed E-state index contributed by atoms with van der Waals surface area (Å²) in [5.41, 5.74) is 6.13. The number of hydrogen-bond acceptors (Lipinski definition) is 3. The highest BCUT2D eigenvalue weighted by Gasteiger charge is 2.08. The molecule has 0 aliphatic carbocycles. The van der Waals surface area contributed by atoms with E-state index < -0.39 is 6.04 Å². The Morgan fingerprint density at radius 1 is 1.25 bits per heavy atom. The average molecular weight is 291 g/mol. The molecule has 1 atom stereocenters. The molecule has 1 amide bonds. The summed E-state index contributed by atoms with van der Waals surface area (Å²) in [6.45, 7) is 1.62. The third-order valence-electron chi connectivity index (χ3n) is 2.58. The van der Waals surface area contributed by atoms with Crippen LogP contribution >= 0.6 is 11.6 Å². The number of halogens is 1. The molecule has 104 valence electrons. The Kier molecular flexibility index (Phi) is 4.61. The van der Waals surface area contributed by atoms with Gasteiger partial charge in [0.05, 0.1) is 11.1 Å². The predicted molar refractivity (Wildman–Crippen MR) is 80.2 cm³/mol. The van der Waals surface area contributed by atoms with Crippen molar-refractivity contribution in [2.75, 3.05) is 5.32 Å². The highest BCUT2D eigenvalue weighted by molar-refractivity contribution is 6.32. The van der Waals surface area contributed by atoms with Gasteiger partial charge in [0.1, 0.15) is 11.5 Å². The van der Waals surface area contributed by atoms with Crippen molar-refractivity contribution in [2.45, 2.75) is 13.0 Å². The Bertz CT molecular complexity index is 614. The zero-order chi connectivity index (χ0) is 14.5. The van der Waals surface area contributed by atoms with Gasteiger partial charge in [-0.1, -0.05) is 29.8 Å². The van der Waals surface area contributed by atoms with Crippen LogP contribution < -0.4 is 15.8 Å². The van der Waals surface area contributed by atoms with Crippen molar-refractivity contribution in [3.63, 3.8) is 0 Å². The average Bonchev–Trinajstić information content (AvgIpc) is 2.42. The van der Waals surface area contributed by atoms with E-state index in [0.29, 0.717) is 22.2 Å². The minimum absolute atomic E-state index is 0.250. The van der Waals surface area contributed by atoms with Gasteiger partial charge in [0.15, 0.2) is 0 Å². The lowest BCUT2D eigenvalue weighted by Crippen LogP contribution is -2.32. The molecule has 5 heteroatoms. The molecule has 0 spiro atoms. The van der Waals surface area contributed by atoms with Gasteiger partial charge in [0.25, 0.3) is 0 Å². The van der Waals surface area contributed by atoms with Crippen molar-refractivity contribution in [3.8, 4) is 11.5 Å². The topological polar surface area (TPSA) is 64.4 Å². The first kappa shape index (κ1) is 14.4. The smallest absolute Gasteiger partial charge is 0.241 e. The maximum atomic E-state index is 11.5. The fraction of sp³-hybridized carbons (Fsp3) is 0.133. The molecule has 1 unspecified atom stereocenters. The van der Waals surface area contributed by atoms with Crippen LogP contribution in [-0.2, 0) is 4.79 Å². The zero-order valence-corrected chi connectivity index (χ0v) is 11.7. The minimum Gasteiger partial charge on any atom is -0.456 e. The second-order valence-corrected chi connectivity index (χ2v) is 4.75. The molecule has 0 bridgehead atoms. The van der Waals surface area contributed by atoms with E-state index in [4.69, 9.17) is 22.1 Å². The highest BCUT2D eigenvalue weighted by atomic mass is 35.5. The summed E-state index contributed by atoms with van der Waals surface area (Å²) in [6, 6.07) is 13.7. The molecule has 0 aliphatic heterocycles. The Labute approximate surface area is 122 Å². The summed E-state index contributed by atoms with van der Waals surface area (Å²) >= 11 is 6.03. The van der Waals surface area contributed by atoms with E-state index in [2.05, 4.69) is 5.32 Å². The number of nitrogens with two attached hydrogens (primary N) is 1. The van der Waals surface area contributed by atoms with E-state index in [0.717, 1.165) is 0 Å². The largest absolute Gasteiger partial charge is 0.456 e. The van der Waals surface area contributed by atoms with Crippen molar-refractivity contribution >= 4 is 23.2 Å². The summed E-state index contributed by atoms with van der Waals surface area (Å²) < 4.78 is 5.68. The maximum absolute atomic E-state index is 11.5. The van der Waals surface area contributed by atoms with Crippen molar-refractivity contribution in [2.24, 2.45) is 5.73 Å². The number of benzene rings is 2. The fourth-order valence-corrected chi connectivity index (χ4v) is 1.72.